The van der Waals surface area contributed by atoms with E-state index in [4.69, 9.17) is 0 Å². The quantitative estimate of drug-likeness (QED) is 0.119. The van der Waals surface area contributed by atoms with Crippen molar-refractivity contribution in [3.05, 3.63) is 212 Å². The zero-order chi connectivity index (χ0) is 33.3. The van der Waals surface area contributed by atoms with E-state index >= 15 is 0 Å². The molecular formula is C48H35NSi. The molecule has 0 aliphatic heterocycles. The lowest BCUT2D eigenvalue weighted by molar-refractivity contribution is 1.18. The highest BCUT2D eigenvalue weighted by molar-refractivity contribution is 7.20. The molecule has 1 aromatic heterocycles. The van der Waals surface area contributed by atoms with Gasteiger partial charge in [0.15, 0.2) is 8.07 Å². The Hall–Kier alpha value is -6.22. The van der Waals surface area contributed by atoms with Crippen LogP contribution in [0, 0.1) is 0 Å². The molecule has 9 rings (SSSR count). The molecule has 0 spiro atoms. The summed E-state index contributed by atoms with van der Waals surface area (Å²) >= 11 is 0. The summed E-state index contributed by atoms with van der Waals surface area (Å²) in [5, 5.41) is 7.97. The maximum Gasteiger partial charge on any atom is 0.181 e. The second-order valence-electron chi connectivity index (χ2n) is 12.9. The highest BCUT2D eigenvalue weighted by atomic mass is 28.3. The number of aromatic nitrogens is 1. The number of rotatable bonds is 7. The van der Waals surface area contributed by atoms with Gasteiger partial charge in [-0.3, -0.25) is 0 Å². The van der Waals surface area contributed by atoms with Gasteiger partial charge in [-0.05, 0) is 67.3 Å². The van der Waals surface area contributed by atoms with Gasteiger partial charge in [0, 0.05) is 16.5 Å². The van der Waals surface area contributed by atoms with Gasteiger partial charge in [0.25, 0.3) is 0 Å². The zero-order valence-electron chi connectivity index (χ0n) is 27.7. The van der Waals surface area contributed by atoms with Gasteiger partial charge in [-0.15, -0.1) is 0 Å². The molecule has 0 radical (unpaired) electrons. The van der Waals surface area contributed by atoms with Crippen LogP contribution in [0.1, 0.15) is 0 Å². The van der Waals surface area contributed by atoms with Gasteiger partial charge in [0.1, 0.15) is 0 Å². The van der Waals surface area contributed by atoms with Crippen molar-refractivity contribution in [3.8, 4) is 27.9 Å². The monoisotopic (exact) mass is 653 g/mol. The van der Waals surface area contributed by atoms with E-state index in [-0.39, 0.29) is 0 Å². The van der Waals surface area contributed by atoms with Crippen molar-refractivity contribution < 1.29 is 0 Å². The minimum Gasteiger partial charge on any atom is -0.309 e. The van der Waals surface area contributed by atoms with Crippen LogP contribution in [0.3, 0.4) is 0 Å². The molecule has 9 aromatic rings. The molecule has 2 heteroatoms. The Morgan fingerprint density at radius 2 is 0.780 bits per heavy atom. The van der Waals surface area contributed by atoms with Crippen LogP contribution in [0.25, 0.3) is 49.7 Å². The third-order valence-electron chi connectivity index (χ3n) is 10.1. The third kappa shape index (κ3) is 4.92. The third-order valence-corrected chi connectivity index (χ3v) is 14.9. The predicted octanol–water partition coefficient (Wildman–Crippen LogP) is 9.50. The van der Waals surface area contributed by atoms with Crippen molar-refractivity contribution in [1.29, 1.82) is 0 Å². The van der Waals surface area contributed by atoms with Crippen LogP contribution >= 0.6 is 0 Å². The van der Waals surface area contributed by atoms with Crippen LogP contribution in [0.2, 0.25) is 0 Å². The van der Waals surface area contributed by atoms with Crippen LogP contribution in [-0.4, -0.2) is 12.6 Å². The molecule has 0 aliphatic carbocycles. The largest absolute Gasteiger partial charge is 0.309 e. The highest BCUT2D eigenvalue weighted by Gasteiger charge is 2.44. The lowest BCUT2D eigenvalue weighted by atomic mass is 9.99. The lowest BCUT2D eigenvalue weighted by Gasteiger charge is -2.36. The number of fused-ring (bicyclic) bond motifs is 3. The van der Waals surface area contributed by atoms with E-state index in [1.165, 1.54) is 64.8 Å². The molecule has 0 fully saturated rings. The summed E-state index contributed by atoms with van der Waals surface area (Å²) in [5.41, 5.74) is 8.53. The number of benzene rings is 8. The first-order chi connectivity index (χ1) is 24.8. The average molecular weight is 654 g/mol. The fourth-order valence-electron chi connectivity index (χ4n) is 7.95. The molecule has 1 heterocycles. The highest BCUT2D eigenvalue weighted by Crippen LogP contribution is 2.33. The Morgan fingerprint density at radius 3 is 1.34 bits per heavy atom. The van der Waals surface area contributed by atoms with Crippen LogP contribution in [0.4, 0.5) is 0 Å². The van der Waals surface area contributed by atoms with Gasteiger partial charge < -0.3 is 4.57 Å². The zero-order valence-corrected chi connectivity index (χ0v) is 28.7. The summed E-state index contributed by atoms with van der Waals surface area (Å²) in [7, 11) is -3.04. The maximum absolute atomic E-state index is 3.04. The molecule has 0 atom stereocenters. The van der Waals surface area contributed by atoms with Crippen molar-refractivity contribution in [2.75, 3.05) is 0 Å². The van der Waals surface area contributed by atoms with Crippen molar-refractivity contribution in [2.24, 2.45) is 0 Å². The molecule has 0 bridgehead atoms. The summed E-state index contributed by atoms with van der Waals surface area (Å²) in [5.74, 6) is 0. The number of hydrogen-bond acceptors (Lipinski definition) is 0. The van der Waals surface area contributed by atoms with Crippen LogP contribution < -0.4 is 20.7 Å². The van der Waals surface area contributed by atoms with E-state index in [0.29, 0.717) is 0 Å². The molecule has 1 nitrogen and oxygen atoms in total. The summed E-state index contributed by atoms with van der Waals surface area (Å²) in [4.78, 5) is 0. The Labute approximate surface area is 294 Å². The van der Waals surface area contributed by atoms with E-state index in [1.807, 2.05) is 0 Å². The first kappa shape index (κ1) is 29.9. The average Bonchev–Trinajstić information content (AvgIpc) is 3.55. The molecule has 0 aliphatic rings. The molecule has 0 saturated carbocycles. The van der Waals surface area contributed by atoms with Crippen molar-refractivity contribution in [3.63, 3.8) is 0 Å². The SMILES string of the molecule is c1ccc(-c2cc(-c3ccccc3)cc([Si](c3ccccc3)(c3ccccc3)c3cccc4c5ccccc5n(-c5ccccc5)c34)c2)cc1. The topological polar surface area (TPSA) is 4.93 Å². The number of nitrogens with zero attached hydrogens (tertiary/aromatic N) is 1. The molecule has 50 heavy (non-hydrogen) atoms. The summed E-state index contributed by atoms with van der Waals surface area (Å²) in [6, 6.07) is 78.4. The van der Waals surface area contributed by atoms with Gasteiger partial charge >= 0.3 is 0 Å². The summed E-state index contributed by atoms with van der Waals surface area (Å²) < 4.78 is 2.51. The Morgan fingerprint density at radius 1 is 0.320 bits per heavy atom. The van der Waals surface area contributed by atoms with Crippen molar-refractivity contribution in [1.82, 2.24) is 4.57 Å². The molecule has 0 unspecified atom stereocenters. The molecular weight excluding hydrogens is 619 g/mol. The Balaban J connectivity index is 1.50. The minimum absolute atomic E-state index is 1.16. The standard InChI is InChI=1S/C48H35NSi/c1-6-19-36(20-7-1)38-33-39(37-21-8-2-9-22-37)35-43(34-38)50(41-25-12-4-13-26-41,42-27-14-5-15-28-42)47-32-18-30-45-44-29-16-17-31-46(44)49(48(45)47)40-23-10-3-11-24-40/h1-35H. The van der Waals surface area contributed by atoms with E-state index in [2.05, 4.69) is 217 Å². The molecule has 0 amide bonds. The number of para-hydroxylation sites is 3. The second kappa shape index (κ2) is 12.7. The van der Waals surface area contributed by atoms with Crippen molar-refractivity contribution >= 4 is 50.6 Å². The molecule has 0 N–H and O–H groups in total. The molecule has 8 aromatic carbocycles. The van der Waals surface area contributed by atoms with E-state index in [9.17, 15) is 0 Å². The van der Waals surface area contributed by atoms with Gasteiger partial charge in [0.05, 0.1) is 11.0 Å². The van der Waals surface area contributed by atoms with Gasteiger partial charge in [-0.1, -0.05) is 188 Å². The van der Waals surface area contributed by atoms with Crippen molar-refractivity contribution in [2.45, 2.75) is 0 Å². The first-order valence-electron chi connectivity index (χ1n) is 17.3. The van der Waals surface area contributed by atoms with Gasteiger partial charge in [0.2, 0.25) is 0 Å². The van der Waals surface area contributed by atoms with Crippen LogP contribution in [0.5, 0.6) is 0 Å². The number of hydrogen-bond donors (Lipinski definition) is 0. The minimum atomic E-state index is -3.04. The van der Waals surface area contributed by atoms with Gasteiger partial charge in [-0.2, -0.15) is 0 Å². The summed E-state index contributed by atoms with van der Waals surface area (Å²) in [6.45, 7) is 0. The fourth-order valence-corrected chi connectivity index (χ4v) is 13.0. The smallest absolute Gasteiger partial charge is 0.181 e. The van der Waals surface area contributed by atoms with Gasteiger partial charge in [-0.25, -0.2) is 0 Å². The van der Waals surface area contributed by atoms with Crippen LogP contribution in [-0.2, 0) is 0 Å². The Bertz CT molecular complexity index is 2460. The first-order valence-corrected chi connectivity index (χ1v) is 19.3. The maximum atomic E-state index is 2.51. The predicted molar refractivity (Wildman–Crippen MR) is 215 cm³/mol. The lowest BCUT2D eigenvalue weighted by Crippen LogP contribution is -2.75. The van der Waals surface area contributed by atoms with E-state index in [0.717, 1.165) is 5.69 Å². The molecule has 236 valence electrons. The second-order valence-corrected chi connectivity index (χ2v) is 16.7. The summed E-state index contributed by atoms with van der Waals surface area (Å²) in [6.07, 6.45) is 0. The van der Waals surface area contributed by atoms with E-state index in [1.54, 1.807) is 0 Å². The van der Waals surface area contributed by atoms with E-state index < -0.39 is 8.07 Å². The fraction of sp³-hybridized carbons (Fsp3) is 0. The van der Waals surface area contributed by atoms with Crippen LogP contribution in [0.15, 0.2) is 212 Å². The molecule has 0 saturated heterocycles. The Kier molecular flexibility index (Phi) is 7.57. The normalized spacial score (nSPS) is 11.6.